The van der Waals surface area contributed by atoms with E-state index in [4.69, 9.17) is 35.0 Å². The van der Waals surface area contributed by atoms with Crippen LogP contribution in [-0.4, -0.2) is 94.3 Å². The van der Waals surface area contributed by atoms with Gasteiger partial charge in [0, 0.05) is 66.0 Å². The molecule has 1 aliphatic heterocycles. The van der Waals surface area contributed by atoms with Crippen LogP contribution in [-0.2, 0) is 48.0 Å². The SMILES string of the molecule is CCCCCC(=O)Cc1cnc2ccc(OC)cc2c1-c1ccccc1.CCCCN.CCOC(=O)Cc1cnc2ccc(OC)cc2c1-c1ccccc1.COc1ccc2cnc(CC(=O)O)c(-c3ccccc3)c2c1.O=C1CCC(=O)N1O. The lowest BCUT2D eigenvalue weighted by molar-refractivity contribution is -0.171. The first kappa shape index (κ1) is 64.8. The summed E-state index contributed by atoms with van der Waals surface area (Å²) in [5, 5.41) is 21.6. The van der Waals surface area contributed by atoms with Crippen molar-refractivity contribution in [2.75, 3.05) is 34.5 Å². The number of carbonyl (C=O) groups is 5. The summed E-state index contributed by atoms with van der Waals surface area (Å²) in [5.74, 6) is 0.408. The molecule has 0 aliphatic carbocycles. The third kappa shape index (κ3) is 18.6. The summed E-state index contributed by atoms with van der Waals surface area (Å²) in [6.45, 7) is 7.30. The minimum atomic E-state index is -0.896. The van der Waals surface area contributed by atoms with E-state index in [9.17, 15) is 24.0 Å². The Morgan fingerprint density at radius 1 is 0.541 bits per heavy atom. The van der Waals surface area contributed by atoms with Crippen molar-refractivity contribution in [3.8, 4) is 50.6 Å². The zero-order valence-corrected chi connectivity index (χ0v) is 49.2. The Morgan fingerprint density at radius 2 is 1.00 bits per heavy atom. The van der Waals surface area contributed by atoms with Gasteiger partial charge in [0.2, 0.25) is 0 Å². The highest BCUT2D eigenvalue weighted by atomic mass is 16.5. The van der Waals surface area contributed by atoms with Gasteiger partial charge in [-0.3, -0.25) is 44.1 Å². The second-order valence-electron chi connectivity index (χ2n) is 19.7. The number of aliphatic carboxylic acids is 1. The van der Waals surface area contributed by atoms with E-state index in [1.54, 1.807) is 40.6 Å². The van der Waals surface area contributed by atoms with Crippen LogP contribution in [0, 0.1) is 0 Å². The molecular formula is C69H75N5O11. The summed E-state index contributed by atoms with van der Waals surface area (Å²) in [5.41, 5.74) is 15.3. The number of aromatic nitrogens is 3. The molecule has 1 fully saturated rings. The lowest BCUT2D eigenvalue weighted by atomic mass is 9.93. The number of hydrogen-bond donors (Lipinski definition) is 3. The zero-order chi connectivity index (χ0) is 61.1. The summed E-state index contributed by atoms with van der Waals surface area (Å²) in [4.78, 5) is 69.5. The summed E-state index contributed by atoms with van der Waals surface area (Å²) < 4.78 is 21.2. The number of rotatable bonds is 19. The van der Waals surface area contributed by atoms with Gasteiger partial charge in [-0.15, -0.1) is 0 Å². The number of methoxy groups -OCH3 is 3. The Kier molecular flexibility index (Phi) is 25.7. The van der Waals surface area contributed by atoms with Crippen LogP contribution >= 0.6 is 0 Å². The highest BCUT2D eigenvalue weighted by Crippen LogP contribution is 2.37. The number of amides is 2. The Hall–Kier alpha value is -9.38. The van der Waals surface area contributed by atoms with E-state index < -0.39 is 17.8 Å². The van der Waals surface area contributed by atoms with Crippen molar-refractivity contribution in [1.29, 1.82) is 0 Å². The van der Waals surface area contributed by atoms with Crippen LogP contribution in [0.1, 0.15) is 89.0 Å². The summed E-state index contributed by atoms with van der Waals surface area (Å²) in [6.07, 6.45) is 12.3. The lowest BCUT2D eigenvalue weighted by Crippen LogP contribution is -2.24. The molecule has 1 saturated heterocycles. The van der Waals surface area contributed by atoms with Crippen molar-refractivity contribution in [2.24, 2.45) is 5.73 Å². The average molecular weight is 1150 g/mol. The number of hydroxylamine groups is 2. The van der Waals surface area contributed by atoms with Gasteiger partial charge in [-0.2, -0.15) is 5.06 Å². The van der Waals surface area contributed by atoms with Crippen LogP contribution in [0.3, 0.4) is 0 Å². The average Bonchev–Trinajstić information content (AvgIpc) is 2.63. The molecule has 16 heteroatoms. The summed E-state index contributed by atoms with van der Waals surface area (Å²) in [6, 6.07) is 47.3. The van der Waals surface area contributed by atoms with Crippen LogP contribution in [0.4, 0.5) is 0 Å². The van der Waals surface area contributed by atoms with Gasteiger partial charge >= 0.3 is 11.9 Å². The lowest BCUT2D eigenvalue weighted by Gasteiger charge is -2.14. The number of pyridine rings is 3. The quantitative estimate of drug-likeness (QED) is 0.0296. The number of ketones is 1. The van der Waals surface area contributed by atoms with Crippen molar-refractivity contribution >= 4 is 62.1 Å². The molecule has 1 aliphatic rings. The third-order valence-corrected chi connectivity index (χ3v) is 13.7. The van der Waals surface area contributed by atoms with E-state index in [-0.39, 0.29) is 42.5 Å². The number of nitrogens with two attached hydrogens (primary N) is 1. The number of hydrogen-bond acceptors (Lipinski definition) is 14. The number of carbonyl (C=O) groups excluding carboxylic acids is 4. The fourth-order valence-electron chi connectivity index (χ4n) is 9.41. The van der Waals surface area contributed by atoms with E-state index in [1.807, 2.05) is 140 Å². The van der Waals surface area contributed by atoms with Crippen molar-refractivity contribution in [3.63, 3.8) is 0 Å². The Labute approximate surface area is 496 Å². The number of carboxylic acid groups (broad SMARTS) is 1. The minimum absolute atomic E-state index is 0.114. The molecule has 10 rings (SSSR count). The number of ether oxygens (including phenoxy) is 4. The number of esters is 1. The first-order valence-corrected chi connectivity index (χ1v) is 28.4. The van der Waals surface area contributed by atoms with Gasteiger partial charge < -0.3 is 29.8 Å². The van der Waals surface area contributed by atoms with Gasteiger partial charge in [0.15, 0.2) is 0 Å². The van der Waals surface area contributed by atoms with Gasteiger partial charge in [-0.05, 0) is 125 Å². The van der Waals surface area contributed by atoms with E-state index >= 15 is 0 Å². The van der Waals surface area contributed by atoms with Gasteiger partial charge in [-0.1, -0.05) is 124 Å². The van der Waals surface area contributed by atoms with Gasteiger partial charge in [0.1, 0.15) is 23.0 Å². The molecule has 9 aromatic rings. The maximum absolute atomic E-state index is 12.5. The second-order valence-corrected chi connectivity index (χ2v) is 19.7. The largest absolute Gasteiger partial charge is 0.497 e. The van der Waals surface area contributed by atoms with Crippen LogP contribution in [0.25, 0.3) is 66.0 Å². The molecule has 0 bridgehead atoms. The predicted octanol–water partition coefficient (Wildman–Crippen LogP) is 13.4. The fourth-order valence-corrected chi connectivity index (χ4v) is 9.41. The topological polar surface area (TPSA) is 231 Å². The predicted molar refractivity (Wildman–Crippen MR) is 333 cm³/mol. The van der Waals surface area contributed by atoms with E-state index in [0.29, 0.717) is 25.1 Å². The van der Waals surface area contributed by atoms with E-state index in [1.165, 1.54) is 12.8 Å². The standard InChI is InChI=1S/C23H25NO2.C20H19NO3.C18H15NO3.C4H5NO3.C4H11N/c1-3-4-6-11-19(25)14-18-16-24-22-13-12-20(26-2)15-21(22)23(18)17-9-7-5-8-10-17;1-3-24-19(22)11-15-13-21-18-10-9-16(23-2)12-17(18)20(15)14-7-5-4-6-8-14;1-22-14-8-7-13-11-19-16(10-17(20)21)18(15(13)9-14)12-5-3-2-4-6-12;6-3-1-2-4(7)5(3)8;1-2-3-4-5/h5,7-10,12-13,15-16H,3-4,6,11,14H2,1-2H3;4-10,12-13H,3,11H2,1-2H3;2-9,11H,10H2,1H3,(H,20,21);8H,1-2H2;2-5H2,1H3. The highest BCUT2D eigenvalue weighted by Gasteiger charge is 2.27. The zero-order valence-electron chi connectivity index (χ0n) is 49.2. The van der Waals surface area contributed by atoms with E-state index in [2.05, 4.69) is 40.9 Å². The Bertz CT molecular complexity index is 3640. The van der Waals surface area contributed by atoms with Crippen LogP contribution in [0.15, 0.2) is 164 Å². The number of Topliss-reactive ketones (excluding diaryl/α,β-unsaturated/α-hetero) is 1. The molecule has 4 N–H and O–H groups in total. The van der Waals surface area contributed by atoms with Crippen LogP contribution in [0.2, 0.25) is 0 Å². The van der Waals surface area contributed by atoms with Gasteiger partial charge in [-0.25, -0.2) is 0 Å². The first-order valence-electron chi connectivity index (χ1n) is 28.4. The summed E-state index contributed by atoms with van der Waals surface area (Å²) >= 11 is 0. The highest BCUT2D eigenvalue weighted by molar-refractivity contribution is 6.02. The van der Waals surface area contributed by atoms with Gasteiger partial charge in [0.25, 0.3) is 11.8 Å². The monoisotopic (exact) mass is 1150 g/mol. The van der Waals surface area contributed by atoms with Crippen molar-refractivity contribution in [1.82, 2.24) is 20.0 Å². The second kappa shape index (κ2) is 33.7. The van der Waals surface area contributed by atoms with Crippen LogP contribution < -0.4 is 19.9 Å². The molecule has 3 aromatic heterocycles. The number of imide groups is 1. The Balaban J connectivity index is 0.000000185. The summed E-state index contributed by atoms with van der Waals surface area (Å²) in [7, 11) is 4.92. The van der Waals surface area contributed by atoms with Crippen molar-refractivity contribution in [3.05, 3.63) is 181 Å². The first-order chi connectivity index (χ1) is 41.3. The molecule has 0 radical (unpaired) electrons. The molecule has 2 amide bonds. The number of unbranched alkanes of at least 4 members (excludes halogenated alkanes) is 3. The number of nitrogens with zero attached hydrogens (tertiary/aromatic N) is 4. The molecule has 4 heterocycles. The molecule has 0 atom stereocenters. The van der Waals surface area contributed by atoms with E-state index in [0.717, 1.165) is 120 Å². The smallest absolute Gasteiger partial charge is 0.310 e. The molecular weight excluding hydrogens is 1070 g/mol. The molecule has 442 valence electrons. The third-order valence-electron chi connectivity index (χ3n) is 13.7. The minimum Gasteiger partial charge on any atom is -0.497 e. The maximum atomic E-state index is 12.5. The molecule has 16 nitrogen and oxygen atoms in total. The van der Waals surface area contributed by atoms with Gasteiger partial charge in [0.05, 0.1) is 57.5 Å². The van der Waals surface area contributed by atoms with Crippen molar-refractivity contribution in [2.45, 2.75) is 91.4 Å². The van der Waals surface area contributed by atoms with Crippen molar-refractivity contribution < 1.29 is 53.2 Å². The van der Waals surface area contributed by atoms with Crippen LogP contribution in [0.5, 0.6) is 17.2 Å². The Morgan fingerprint density at radius 3 is 1.41 bits per heavy atom. The molecule has 85 heavy (non-hydrogen) atoms. The maximum Gasteiger partial charge on any atom is 0.310 e. The molecule has 6 aromatic carbocycles. The fraction of sp³-hybridized carbons (Fsp3) is 0.275. The normalized spacial score (nSPS) is 11.5. The number of benzene rings is 6. The molecule has 0 saturated carbocycles. The number of carboxylic acids is 1. The molecule has 0 unspecified atom stereocenters. The number of fused-ring (bicyclic) bond motifs is 3. The molecule has 0 spiro atoms.